The minimum Gasteiger partial charge on any atom is -0.476 e. The van der Waals surface area contributed by atoms with Gasteiger partial charge < -0.3 is 9.52 Å². The molecular weight excluding hydrogens is 301 g/mol. The molecule has 0 spiro atoms. The van der Waals surface area contributed by atoms with E-state index in [0.717, 1.165) is 12.1 Å². The van der Waals surface area contributed by atoms with E-state index in [2.05, 4.69) is 14.7 Å². The van der Waals surface area contributed by atoms with Crippen molar-refractivity contribution in [1.29, 1.82) is 0 Å². The molecule has 0 amide bonds. The average molecular weight is 306 g/mol. The molecule has 112 valence electrons. The van der Waals surface area contributed by atoms with Gasteiger partial charge in [0.05, 0.1) is 6.07 Å². The largest absolute Gasteiger partial charge is 0.476 e. The normalized spacial score (nSPS) is 11.6. The van der Waals surface area contributed by atoms with E-state index < -0.39 is 40.9 Å². The Hall–Kier alpha value is -2.92. The number of aromatic nitrogens is 3. The van der Waals surface area contributed by atoms with Crippen LogP contribution in [0.1, 0.15) is 21.9 Å². The second kappa shape index (κ2) is 4.88. The molecule has 21 heavy (non-hydrogen) atoms. The molecule has 9 nitrogen and oxygen atoms in total. The fourth-order valence-electron chi connectivity index (χ4n) is 1.55. The lowest BCUT2D eigenvalue weighted by Gasteiger charge is -2.08. The Morgan fingerprint density at radius 1 is 1.48 bits per heavy atom. The molecule has 12 heteroatoms. The Balaban J connectivity index is 2.40. The molecule has 0 fully saturated rings. The van der Waals surface area contributed by atoms with Crippen LogP contribution in [0.25, 0.3) is 0 Å². The summed E-state index contributed by atoms with van der Waals surface area (Å²) in [6.07, 6.45) is -5.00. The third-order valence-electron chi connectivity index (χ3n) is 2.34. The summed E-state index contributed by atoms with van der Waals surface area (Å²) < 4.78 is 43.4. The molecule has 1 N–H and O–H groups in total. The standard InChI is InChI=1S/C9H5F3N4O5/c10-9(11,12)7-6(8(17)18)13-14-15(7)3-4-1-2-5(21-4)16(19)20/h1-2H,3H2,(H,17,18). The minimum absolute atomic E-state index is 0.200. The van der Waals surface area contributed by atoms with Crippen molar-refractivity contribution >= 4 is 11.9 Å². The Kier molecular flexibility index (Phi) is 3.37. The van der Waals surface area contributed by atoms with Gasteiger partial charge in [-0.1, -0.05) is 5.21 Å². The molecule has 0 bridgehead atoms. The minimum atomic E-state index is -5.00. The van der Waals surface area contributed by atoms with Crippen LogP contribution >= 0.6 is 0 Å². The molecular formula is C9H5F3N4O5. The summed E-state index contributed by atoms with van der Waals surface area (Å²) >= 11 is 0. The lowest BCUT2D eigenvalue weighted by atomic mass is 10.3. The molecule has 0 aliphatic carbocycles. The smallest absolute Gasteiger partial charge is 0.435 e. The van der Waals surface area contributed by atoms with Gasteiger partial charge in [-0.15, -0.1) is 5.10 Å². The van der Waals surface area contributed by atoms with Gasteiger partial charge in [-0.05, 0) is 6.07 Å². The van der Waals surface area contributed by atoms with Crippen molar-refractivity contribution in [2.75, 3.05) is 0 Å². The van der Waals surface area contributed by atoms with Crippen LogP contribution in [0.5, 0.6) is 0 Å². The summed E-state index contributed by atoms with van der Waals surface area (Å²) in [4.78, 5) is 20.2. The fraction of sp³-hybridized carbons (Fsp3) is 0.222. The number of alkyl halides is 3. The Labute approximate surface area is 112 Å². The van der Waals surface area contributed by atoms with Gasteiger partial charge >= 0.3 is 18.0 Å². The van der Waals surface area contributed by atoms with Crippen LogP contribution in [0.2, 0.25) is 0 Å². The van der Waals surface area contributed by atoms with Gasteiger partial charge in [0.15, 0.2) is 5.69 Å². The van der Waals surface area contributed by atoms with Gasteiger partial charge in [-0.3, -0.25) is 10.1 Å². The number of carboxylic acids is 1. The molecule has 2 aromatic rings. The number of aromatic carboxylic acids is 1. The van der Waals surface area contributed by atoms with Crippen molar-refractivity contribution < 1.29 is 32.4 Å². The number of rotatable bonds is 4. The summed E-state index contributed by atoms with van der Waals surface area (Å²) in [5.41, 5.74) is -2.84. The van der Waals surface area contributed by atoms with Gasteiger partial charge in [0.1, 0.15) is 17.2 Å². The second-order valence-corrected chi connectivity index (χ2v) is 3.74. The van der Waals surface area contributed by atoms with Gasteiger partial charge in [0, 0.05) is 0 Å². The zero-order valence-corrected chi connectivity index (χ0v) is 9.86. The highest BCUT2D eigenvalue weighted by atomic mass is 19.4. The average Bonchev–Trinajstić information content (AvgIpc) is 2.94. The lowest BCUT2D eigenvalue weighted by molar-refractivity contribution is -0.402. The first kappa shape index (κ1) is 14.5. The first-order valence-electron chi connectivity index (χ1n) is 5.17. The number of nitro groups is 1. The topological polar surface area (TPSA) is 124 Å². The SMILES string of the molecule is O=C(O)c1nnn(Cc2ccc([N+](=O)[O-])o2)c1C(F)(F)F. The van der Waals surface area contributed by atoms with Crippen LogP contribution in [0, 0.1) is 10.1 Å². The van der Waals surface area contributed by atoms with Crippen LogP contribution in [0.3, 0.4) is 0 Å². The number of furan rings is 1. The number of nitrogens with zero attached hydrogens (tertiary/aromatic N) is 4. The van der Waals surface area contributed by atoms with Gasteiger partial charge in [0.25, 0.3) is 0 Å². The maximum atomic E-state index is 12.8. The zero-order chi connectivity index (χ0) is 15.8. The van der Waals surface area contributed by atoms with E-state index in [4.69, 9.17) is 5.11 Å². The molecule has 2 aromatic heterocycles. The van der Waals surface area contributed by atoms with E-state index in [1.165, 1.54) is 0 Å². The Bertz CT molecular complexity index is 705. The number of hydrogen-bond acceptors (Lipinski definition) is 6. The third-order valence-corrected chi connectivity index (χ3v) is 2.34. The van der Waals surface area contributed by atoms with Crippen molar-refractivity contribution in [2.24, 2.45) is 0 Å². The van der Waals surface area contributed by atoms with Crippen molar-refractivity contribution in [3.05, 3.63) is 39.4 Å². The molecule has 0 saturated carbocycles. The summed E-state index contributed by atoms with van der Waals surface area (Å²) in [6.45, 7) is -0.650. The maximum Gasteiger partial charge on any atom is 0.435 e. The molecule has 2 rings (SSSR count). The summed E-state index contributed by atoms with van der Waals surface area (Å²) in [5.74, 6) is -2.75. The molecule has 0 radical (unpaired) electrons. The van der Waals surface area contributed by atoms with Gasteiger partial charge in [-0.2, -0.15) is 13.2 Å². The van der Waals surface area contributed by atoms with E-state index in [0.29, 0.717) is 0 Å². The third kappa shape index (κ3) is 2.82. The first-order valence-corrected chi connectivity index (χ1v) is 5.17. The molecule has 0 aliphatic heterocycles. The molecule has 0 aromatic carbocycles. The van der Waals surface area contributed by atoms with Crippen LogP contribution in [0.15, 0.2) is 16.5 Å². The van der Waals surface area contributed by atoms with Crippen LogP contribution in [-0.2, 0) is 12.7 Å². The molecule has 0 unspecified atom stereocenters. The maximum absolute atomic E-state index is 12.8. The number of carbonyl (C=O) groups is 1. The highest BCUT2D eigenvalue weighted by molar-refractivity contribution is 5.86. The van der Waals surface area contributed by atoms with Crippen LogP contribution < -0.4 is 0 Å². The quantitative estimate of drug-likeness (QED) is 0.671. The second-order valence-electron chi connectivity index (χ2n) is 3.74. The molecule has 0 atom stereocenters. The van der Waals surface area contributed by atoms with Crippen molar-refractivity contribution in [1.82, 2.24) is 15.0 Å². The molecule has 0 saturated heterocycles. The first-order chi connectivity index (χ1) is 9.70. The van der Waals surface area contributed by atoms with Crippen molar-refractivity contribution in [3.63, 3.8) is 0 Å². The van der Waals surface area contributed by atoms with Crippen LogP contribution in [-0.4, -0.2) is 31.0 Å². The molecule has 2 heterocycles. The van der Waals surface area contributed by atoms with E-state index in [1.54, 1.807) is 0 Å². The monoisotopic (exact) mass is 306 g/mol. The number of hydrogen-bond donors (Lipinski definition) is 1. The lowest BCUT2D eigenvalue weighted by Crippen LogP contribution is -2.18. The number of carboxylic acid groups (broad SMARTS) is 1. The van der Waals surface area contributed by atoms with Crippen molar-refractivity contribution in [3.8, 4) is 0 Å². The molecule has 0 aliphatic rings. The Morgan fingerprint density at radius 3 is 2.62 bits per heavy atom. The van der Waals surface area contributed by atoms with Gasteiger partial charge in [-0.25, -0.2) is 9.48 Å². The Morgan fingerprint density at radius 2 is 2.14 bits per heavy atom. The number of halogens is 3. The van der Waals surface area contributed by atoms with E-state index >= 15 is 0 Å². The van der Waals surface area contributed by atoms with Crippen molar-refractivity contribution in [2.45, 2.75) is 12.7 Å². The predicted octanol–water partition coefficient (Wildman–Crippen LogP) is 1.54. The van der Waals surface area contributed by atoms with Crippen LogP contribution in [0.4, 0.5) is 19.1 Å². The van der Waals surface area contributed by atoms with Gasteiger partial charge in [0.2, 0.25) is 5.69 Å². The van der Waals surface area contributed by atoms with E-state index in [9.17, 15) is 28.1 Å². The summed E-state index contributed by atoms with van der Waals surface area (Å²) in [7, 11) is 0. The predicted molar refractivity (Wildman–Crippen MR) is 56.4 cm³/mol. The summed E-state index contributed by atoms with van der Waals surface area (Å²) in [6, 6.07) is 2.04. The summed E-state index contributed by atoms with van der Waals surface area (Å²) in [5, 5.41) is 25.1. The fourth-order valence-corrected chi connectivity index (χ4v) is 1.55. The zero-order valence-electron chi connectivity index (χ0n) is 9.86. The highest BCUT2D eigenvalue weighted by Gasteiger charge is 2.41. The highest BCUT2D eigenvalue weighted by Crippen LogP contribution is 2.31. The van der Waals surface area contributed by atoms with E-state index in [1.807, 2.05) is 0 Å². The van der Waals surface area contributed by atoms with E-state index in [-0.39, 0.29) is 10.4 Å².